The predicted octanol–water partition coefficient (Wildman–Crippen LogP) is 0.790. The molecule has 0 bridgehead atoms. The third-order valence-corrected chi connectivity index (χ3v) is 3.02. The van der Waals surface area contributed by atoms with Crippen LogP contribution in [0.3, 0.4) is 0 Å². The Morgan fingerprint density at radius 3 is 2.86 bits per heavy atom. The molecule has 2 aromatic rings. The van der Waals surface area contributed by atoms with E-state index >= 15 is 0 Å². The molecule has 7 heteroatoms. The Morgan fingerprint density at radius 1 is 1.52 bits per heavy atom. The maximum atomic E-state index is 12.2. The SMILES string of the molecule is CC(NC(=O)c1ccco1)C(=O)N(C)Cc1cnn(C)c1. The number of rotatable bonds is 5. The molecule has 0 saturated carbocycles. The molecule has 2 aromatic heterocycles. The van der Waals surface area contributed by atoms with Crippen molar-refractivity contribution < 1.29 is 14.0 Å². The van der Waals surface area contributed by atoms with Gasteiger partial charge in [0.15, 0.2) is 5.76 Å². The molecule has 2 rings (SSSR count). The molecule has 1 unspecified atom stereocenters. The Bertz CT molecular complexity index is 618. The van der Waals surface area contributed by atoms with Crippen LogP contribution in [0.1, 0.15) is 23.0 Å². The van der Waals surface area contributed by atoms with Gasteiger partial charge < -0.3 is 14.6 Å². The molecule has 0 aliphatic heterocycles. The summed E-state index contributed by atoms with van der Waals surface area (Å²) in [6.45, 7) is 2.08. The van der Waals surface area contributed by atoms with Gasteiger partial charge in [0.1, 0.15) is 6.04 Å². The van der Waals surface area contributed by atoms with Crippen LogP contribution in [0.2, 0.25) is 0 Å². The van der Waals surface area contributed by atoms with Crippen molar-refractivity contribution in [2.45, 2.75) is 19.5 Å². The van der Waals surface area contributed by atoms with Crippen molar-refractivity contribution in [1.29, 1.82) is 0 Å². The molecule has 0 spiro atoms. The average molecular weight is 290 g/mol. The third-order valence-electron chi connectivity index (χ3n) is 3.02. The van der Waals surface area contributed by atoms with Crippen molar-refractivity contribution in [2.24, 2.45) is 7.05 Å². The van der Waals surface area contributed by atoms with E-state index in [1.54, 1.807) is 41.9 Å². The number of carbonyl (C=O) groups is 2. The minimum atomic E-state index is -0.635. The van der Waals surface area contributed by atoms with Gasteiger partial charge in [0, 0.05) is 32.4 Å². The van der Waals surface area contributed by atoms with E-state index in [1.165, 1.54) is 6.26 Å². The van der Waals surface area contributed by atoms with E-state index < -0.39 is 11.9 Å². The number of carbonyl (C=O) groups excluding carboxylic acids is 2. The Labute approximate surface area is 122 Å². The number of nitrogens with one attached hydrogen (secondary N) is 1. The molecule has 21 heavy (non-hydrogen) atoms. The van der Waals surface area contributed by atoms with Gasteiger partial charge in [0.2, 0.25) is 5.91 Å². The molecule has 0 saturated heterocycles. The van der Waals surface area contributed by atoms with Crippen LogP contribution in [-0.4, -0.2) is 39.6 Å². The smallest absolute Gasteiger partial charge is 0.287 e. The zero-order chi connectivity index (χ0) is 15.4. The van der Waals surface area contributed by atoms with E-state index in [-0.39, 0.29) is 11.7 Å². The number of amides is 2. The van der Waals surface area contributed by atoms with Crippen LogP contribution in [0.5, 0.6) is 0 Å². The number of hydrogen-bond donors (Lipinski definition) is 1. The summed E-state index contributed by atoms with van der Waals surface area (Å²) in [4.78, 5) is 25.6. The highest BCUT2D eigenvalue weighted by Gasteiger charge is 2.21. The highest BCUT2D eigenvalue weighted by molar-refractivity contribution is 5.95. The quantitative estimate of drug-likeness (QED) is 0.883. The molecule has 112 valence electrons. The molecule has 0 aliphatic carbocycles. The lowest BCUT2D eigenvalue weighted by Gasteiger charge is -2.21. The van der Waals surface area contributed by atoms with Crippen LogP contribution in [0.25, 0.3) is 0 Å². The summed E-state index contributed by atoms with van der Waals surface area (Å²) >= 11 is 0. The van der Waals surface area contributed by atoms with Crippen molar-refractivity contribution in [1.82, 2.24) is 20.0 Å². The molecule has 2 amide bonds. The summed E-state index contributed by atoms with van der Waals surface area (Å²) in [6.07, 6.45) is 4.96. The lowest BCUT2D eigenvalue weighted by Crippen LogP contribution is -2.45. The Balaban J connectivity index is 1.90. The van der Waals surface area contributed by atoms with Gasteiger partial charge in [-0.1, -0.05) is 0 Å². The lowest BCUT2D eigenvalue weighted by atomic mass is 10.2. The monoisotopic (exact) mass is 290 g/mol. The first kappa shape index (κ1) is 14.8. The average Bonchev–Trinajstić information content (AvgIpc) is 3.09. The number of hydrogen-bond acceptors (Lipinski definition) is 4. The number of aryl methyl sites for hydroxylation is 1. The molecule has 1 N–H and O–H groups in total. The Kier molecular flexibility index (Phi) is 4.42. The van der Waals surface area contributed by atoms with Crippen LogP contribution in [0.15, 0.2) is 35.2 Å². The van der Waals surface area contributed by atoms with Crippen molar-refractivity contribution in [3.8, 4) is 0 Å². The highest BCUT2D eigenvalue weighted by atomic mass is 16.3. The number of nitrogens with zero attached hydrogens (tertiary/aromatic N) is 3. The zero-order valence-corrected chi connectivity index (χ0v) is 12.2. The van der Waals surface area contributed by atoms with Gasteiger partial charge in [0.05, 0.1) is 12.5 Å². The number of furan rings is 1. The van der Waals surface area contributed by atoms with Crippen molar-refractivity contribution in [3.05, 3.63) is 42.1 Å². The van der Waals surface area contributed by atoms with Crippen LogP contribution in [-0.2, 0) is 18.4 Å². The van der Waals surface area contributed by atoms with Gasteiger partial charge >= 0.3 is 0 Å². The summed E-state index contributed by atoms with van der Waals surface area (Å²) in [5.41, 5.74) is 0.929. The van der Waals surface area contributed by atoms with Crippen LogP contribution < -0.4 is 5.32 Å². The number of likely N-dealkylation sites (N-methyl/N-ethyl adjacent to an activating group) is 1. The summed E-state index contributed by atoms with van der Waals surface area (Å²) in [5, 5.41) is 6.66. The number of aromatic nitrogens is 2. The minimum absolute atomic E-state index is 0.182. The second-order valence-corrected chi connectivity index (χ2v) is 4.89. The Morgan fingerprint density at radius 2 is 2.29 bits per heavy atom. The largest absolute Gasteiger partial charge is 0.459 e. The van der Waals surface area contributed by atoms with E-state index in [2.05, 4.69) is 10.4 Å². The molecular weight excluding hydrogens is 272 g/mol. The first-order chi connectivity index (χ1) is 9.97. The fraction of sp³-hybridized carbons (Fsp3) is 0.357. The van der Waals surface area contributed by atoms with Crippen molar-refractivity contribution in [2.75, 3.05) is 7.05 Å². The highest BCUT2D eigenvalue weighted by Crippen LogP contribution is 2.04. The summed E-state index contributed by atoms with van der Waals surface area (Å²) in [6, 6.07) is 2.53. The van der Waals surface area contributed by atoms with Crippen LogP contribution >= 0.6 is 0 Å². The molecule has 2 heterocycles. The van der Waals surface area contributed by atoms with Gasteiger partial charge in [-0.15, -0.1) is 0 Å². The molecule has 0 fully saturated rings. The Hall–Kier alpha value is -2.57. The molecule has 1 atom stereocenters. The summed E-state index contributed by atoms with van der Waals surface area (Å²) in [7, 11) is 3.50. The van der Waals surface area contributed by atoms with Crippen molar-refractivity contribution in [3.63, 3.8) is 0 Å². The fourth-order valence-corrected chi connectivity index (χ4v) is 1.97. The second kappa shape index (κ2) is 6.25. The van der Waals surface area contributed by atoms with Gasteiger partial charge in [-0.25, -0.2) is 0 Å². The molecule has 0 aliphatic rings. The second-order valence-electron chi connectivity index (χ2n) is 4.89. The first-order valence-electron chi connectivity index (χ1n) is 6.54. The molecular formula is C14H18N4O3. The minimum Gasteiger partial charge on any atom is -0.459 e. The van der Waals surface area contributed by atoms with Gasteiger partial charge in [-0.05, 0) is 19.1 Å². The lowest BCUT2D eigenvalue weighted by molar-refractivity contribution is -0.132. The van der Waals surface area contributed by atoms with E-state index in [4.69, 9.17) is 4.42 Å². The predicted molar refractivity (Wildman–Crippen MR) is 75.3 cm³/mol. The van der Waals surface area contributed by atoms with Gasteiger partial charge in [-0.3, -0.25) is 14.3 Å². The van der Waals surface area contributed by atoms with Gasteiger partial charge in [-0.2, -0.15) is 5.10 Å². The van der Waals surface area contributed by atoms with E-state index in [0.29, 0.717) is 6.54 Å². The first-order valence-corrected chi connectivity index (χ1v) is 6.54. The zero-order valence-electron chi connectivity index (χ0n) is 12.2. The van der Waals surface area contributed by atoms with Crippen LogP contribution in [0.4, 0.5) is 0 Å². The normalized spacial score (nSPS) is 12.0. The van der Waals surface area contributed by atoms with Crippen LogP contribution in [0, 0.1) is 0 Å². The fourth-order valence-electron chi connectivity index (χ4n) is 1.97. The van der Waals surface area contributed by atoms with Crippen molar-refractivity contribution >= 4 is 11.8 Å². The van der Waals surface area contributed by atoms with E-state index in [9.17, 15) is 9.59 Å². The third kappa shape index (κ3) is 3.71. The molecule has 0 radical (unpaired) electrons. The van der Waals surface area contributed by atoms with Gasteiger partial charge in [0.25, 0.3) is 5.91 Å². The summed E-state index contributed by atoms with van der Waals surface area (Å²) in [5.74, 6) is -0.404. The summed E-state index contributed by atoms with van der Waals surface area (Å²) < 4.78 is 6.66. The van der Waals surface area contributed by atoms with E-state index in [0.717, 1.165) is 5.56 Å². The standard InChI is InChI=1S/C14H18N4O3/c1-10(16-13(19)12-5-4-6-21-12)14(20)17(2)8-11-7-15-18(3)9-11/h4-7,9-10H,8H2,1-3H3,(H,16,19). The van der Waals surface area contributed by atoms with E-state index in [1.807, 2.05) is 13.2 Å². The molecule has 7 nitrogen and oxygen atoms in total. The maximum absolute atomic E-state index is 12.2. The topological polar surface area (TPSA) is 80.4 Å². The molecule has 0 aromatic carbocycles. The maximum Gasteiger partial charge on any atom is 0.287 e.